The second-order valence-electron chi connectivity index (χ2n) is 5.26. The molecule has 0 unspecified atom stereocenters. The molecular formula is C12H16O3. The Balaban J connectivity index is 1.93. The molecule has 15 heavy (non-hydrogen) atoms. The molecule has 3 aliphatic rings. The Morgan fingerprint density at radius 2 is 2.13 bits per heavy atom. The Kier molecular flexibility index (Phi) is 1.91. The maximum atomic E-state index is 11.5. The lowest BCUT2D eigenvalue weighted by Crippen LogP contribution is -2.45. The van der Waals surface area contributed by atoms with Crippen LogP contribution < -0.4 is 0 Å². The zero-order valence-corrected chi connectivity index (χ0v) is 8.83. The highest BCUT2D eigenvalue weighted by Gasteiger charge is 2.56. The Labute approximate surface area is 89.2 Å². The number of hydrogen-bond donors (Lipinski definition) is 0. The molecule has 3 nitrogen and oxygen atoms in total. The van der Waals surface area contributed by atoms with Crippen LogP contribution in [0.2, 0.25) is 0 Å². The lowest BCUT2D eigenvalue weighted by molar-refractivity contribution is -0.143. The number of esters is 1. The first kappa shape index (κ1) is 9.37. The zero-order valence-electron chi connectivity index (χ0n) is 8.83. The highest BCUT2D eigenvalue weighted by atomic mass is 16.6. The first-order chi connectivity index (χ1) is 7.21. The van der Waals surface area contributed by atoms with E-state index < -0.39 is 0 Å². The summed E-state index contributed by atoms with van der Waals surface area (Å²) in [7, 11) is 0. The SMILES string of the molecule is O=C1CC[C@@]23CC(=O)O[C@@H]2CCC[C@@H]3C1. The van der Waals surface area contributed by atoms with E-state index in [1.165, 1.54) is 0 Å². The van der Waals surface area contributed by atoms with Gasteiger partial charge < -0.3 is 4.74 Å². The van der Waals surface area contributed by atoms with E-state index in [0.717, 1.165) is 25.7 Å². The minimum atomic E-state index is -0.0405. The van der Waals surface area contributed by atoms with Gasteiger partial charge >= 0.3 is 5.97 Å². The number of rotatable bonds is 0. The molecule has 2 aliphatic carbocycles. The fourth-order valence-electron chi connectivity index (χ4n) is 3.80. The van der Waals surface area contributed by atoms with Gasteiger partial charge in [0.25, 0.3) is 0 Å². The molecular weight excluding hydrogens is 192 g/mol. The second kappa shape index (κ2) is 3.06. The molecule has 1 spiro atoms. The molecule has 3 heteroatoms. The summed E-state index contributed by atoms with van der Waals surface area (Å²) in [4.78, 5) is 22.9. The van der Waals surface area contributed by atoms with Crippen molar-refractivity contribution in [1.29, 1.82) is 0 Å². The number of carbonyl (C=O) groups excluding carboxylic acids is 2. The van der Waals surface area contributed by atoms with Gasteiger partial charge in [-0.3, -0.25) is 9.59 Å². The molecule has 1 saturated heterocycles. The van der Waals surface area contributed by atoms with E-state index in [0.29, 0.717) is 31.0 Å². The fourth-order valence-corrected chi connectivity index (χ4v) is 3.80. The standard InChI is InChI=1S/C12H16O3/c13-9-4-5-12-7-11(14)15-10(12)3-1-2-8(12)6-9/h8,10H,1-7H2/t8-,10-,12+/m1/s1. The summed E-state index contributed by atoms with van der Waals surface area (Å²) < 4.78 is 5.41. The summed E-state index contributed by atoms with van der Waals surface area (Å²) in [6.07, 6.45) is 6.14. The quantitative estimate of drug-likeness (QED) is 0.570. The maximum absolute atomic E-state index is 11.5. The Bertz CT molecular complexity index is 323. The summed E-state index contributed by atoms with van der Waals surface area (Å²) in [6, 6.07) is 0. The van der Waals surface area contributed by atoms with E-state index >= 15 is 0 Å². The van der Waals surface area contributed by atoms with Gasteiger partial charge in [-0.2, -0.15) is 0 Å². The first-order valence-electron chi connectivity index (χ1n) is 5.92. The number of carbonyl (C=O) groups is 2. The Morgan fingerprint density at radius 3 is 3.00 bits per heavy atom. The van der Waals surface area contributed by atoms with Crippen molar-refractivity contribution in [3.8, 4) is 0 Å². The van der Waals surface area contributed by atoms with Crippen molar-refractivity contribution in [2.45, 2.75) is 51.0 Å². The molecule has 0 aromatic heterocycles. The van der Waals surface area contributed by atoms with Crippen molar-refractivity contribution in [3.63, 3.8) is 0 Å². The van der Waals surface area contributed by atoms with Gasteiger partial charge in [0.05, 0.1) is 6.42 Å². The molecule has 0 N–H and O–H groups in total. The van der Waals surface area contributed by atoms with Crippen LogP contribution in [0.4, 0.5) is 0 Å². The second-order valence-corrected chi connectivity index (χ2v) is 5.26. The molecule has 0 bridgehead atoms. The van der Waals surface area contributed by atoms with Crippen molar-refractivity contribution in [2.75, 3.05) is 0 Å². The molecule has 3 atom stereocenters. The van der Waals surface area contributed by atoms with Crippen LogP contribution in [0.25, 0.3) is 0 Å². The van der Waals surface area contributed by atoms with Crippen molar-refractivity contribution < 1.29 is 14.3 Å². The van der Waals surface area contributed by atoms with Crippen LogP contribution in [0, 0.1) is 11.3 Å². The fraction of sp³-hybridized carbons (Fsp3) is 0.833. The van der Waals surface area contributed by atoms with Crippen LogP contribution in [0.15, 0.2) is 0 Å². The summed E-state index contributed by atoms with van der Waals surface area (Å²) in [5, 5.41) is 0. The van der Waals surface area contributed by atoms with Gasteiger partial charge in [-0.15, -0.1) is 0 Å². The molecule has 0 aromatic carbocycles. The molecule has 2 saturated carbocycles. The summed E-state index contributed by atoms with van der Waals surface area (Å²) in [6.45, 7) is 0. The zero-order chi connectivity index (χ0) is 10.5. The average molecular weight is 208 g/mol. The van der Waals surface area contributed by atoms with Gasteiger partial charge in [0.15, 0.2) is 0 Å². The lowest BCUT2D eigenvalue weighted by Gasteiger charge is -2.46. The van der Waals surface area contributed by atoms with E-state index in [4.69, 9.17) is 4.74 Å². The Morgan fingerprint density at radius 1 is 1.27 bits per heavy atom. The summed E-state index contributed by atoms with van der Waals surface area (Å²) in [5.41, 5.74) is 0.0449. The van der Waals surface area contributed by atoms with Gasteiger partial charge in [0, 0.05) is 18.3 Å². The number of ketones is 1. The van der Waals surface area contributed by atoms with E-state index in [9.17, 15) is 9.59 Å². The largest absolute Gasteiger partial charge is 0.462 e. The molecule has 3 rings (SSSR count). The van der Waals surface area contributed by atoms with Crippen LogP contribution in [0.1, 0.15) is 44.9 Å². The number of ether oxygens (including phenoxy) is 1. The molecule has 0 aromatic rings. The van der Waals surface area contributed by atoms with Crippen LogP contribution in [-0.2, 0) is 14.3 Å². The first-order valence-corrected chi connectivity index (χ1v) is 5.92. The highest BCUT2D eigenvalue weighted by molar-refractivity contribution is 5.81. The predicted molar refractivity (Wildman–Crippen MR) is 53.1 cm³/mol. The smallest absolute Gasteiger partial charge is 0.306 e. The minimum absolute atomic E-state index is 0.0405. The van der Waals surface area contributed by atoms with Crippen LogP contribution in [0.5, 0.6) is 0 Å². The normalized spacial score (nSPS) is 44.5. The van der Waals surface area contributed by atoms with Gasteiger partial charge in [-0.1, -0.05) is 0 Å². The third-order valence-electron chi connectivity index (χ3n) is 4.56. The molecule has 0 amide bonds. The summed E-state index contributed by atoms with van der Waals surface area (Å²) >= 11 is 0. The van der Waals surface area contributed by atoms with Gasteiger partial charge in [-0.05, 0) is 31.6 Å². The van der Waals surface area contributed by atoms with E-state index in [2.05, 4.69) is 0 Å². The monoisotopic (exact) mass is 208 g/mol. The van der Waals surface area contributed by atoms with Crippen molar-refractivity contribution >= 4 is 11.8 Å². The lowest BCUT2D eigenvalue weighted by atomic mass is 9.57. The average Bonchev–Trinajstić information content (AvgIpc) is 2.52. The Hall–Kier alpha value is -0.860. The van der Waals surface area contributed by atoms with Crippen molar-refractivity contribution in [1.82, 2.24) is 0 Å². The van der Waals surface area contributed by atoms with Crippen molar-refractivity contribution in [3.05, 3.63) is 0 Å². The topological polar surface area (TPSA) is 43.4 Å². The molecule has 0 radical (unpaired) electrons. The van der Waals surface area contributed by atoms with Crippen LogP contribution in [-0.4, -0.2) is 17.9 Å². The van der Waals surface area contributed by atoms with Crippen LogP contribution >= 0.6 is 0 Å². The van der Waals surface area contributed by atoms with Crippen LogP contribution in [0.3, 0.4) is 0 Å². The van der Waals surface area contributed by atoms with Gasteiger partial charge in [0.1, 0.15) is 11.9 Å². The third kappa shape index (κ3) is 1.25. The number of hydrogen-bond acceptors (Lipinski definition) is 3. The number of Topliss-reactive ketones (excluding diaryl/α,β-unsaturated/α-hetero) is 1. The van der Waals surface area contributed by atoms with E-state index in [-0.39, 0.29) is 17.5 Å². The molecule has 82 valence electrons. The van der Waals surface area contributed by atoms with E-state index in [1.54, 1.807) is 0 Å². The highest BCUT2D eigenvalue weighted by Crippen LogP contribution is 2.55. The van der Waals surface area contributed by atoms with Gasteiger partial charge in [-0.25, -0.2) is 0 Å². The molecule has 3 fully saturated rings. The minimum Gasteiger partial charge on any atom is -0.462 e. The predicted octanol–water partition coefficient (Wildman–Crippen LogP) is 1.84. The van der Waals surface area contributed by atoms with E-state index in [1.807, 2.05) is 0 Å². The van der Waals surface area contributed by atoms with Crippen molar-refractivity contribution in [2.24, 2.45) is 11.3 Å². The maximum Gasteiger partial charge on any atom is 0.306 e. The molecule has 1 aliphatic heterocycles. The third-order valence-corrected chi connectivity index (χ3v) is 4.56. The van der Waals surface area contributed by atoms with Gasteiger partial charge in [0.2, 0.25) is 0 Å². The summed E-state index contributed by atoms with van der Waals surface area (Å²) in [5.74, 6) is 0.760. The molecule has 1 heterocycles.